The lowest BCUT2D eigenvalue weighted by atomic mass is 10.0. The minimum atomic E-state index is 0.629. The molecule has 3 aromatic rings. The summed E-state index contributed by atoms with van der Waals surface area (Å²) >= 11 is 6.53. The summed E-state index contributed by atoms with van der Waals surface area (Å²) in [6.07, 6.45) is 5.71. The number of anilines is 2. The van der Waals surface area contributed by atoms with Crippen LogP contribution < -0.4 is 15.1 Å². The first-order valence-electron chi connectivity index (χ1n) is 11.4. The van der Waals surface area contributed by atoms with Gasteiger partial charge in [0.05, 0.1) is 10.7 Å². The van der Waals surface area contributed by atoms with Gasteiger partial charge in [-0.2, -0.15) is 0 Å². The Labute approximate surface area is 194 Å². The molecule has 32 heavy (non-hydrogen) atoms. The molecule has 6 nitrogen and oxygen atoms in total. The van der Waals surface area contributed by atoms with Gasteiger partial charge in [-0.3, -0.25) is 4.98 Å². The van der Waals surface area contributed by atoms with E-state index in [2.05, 4.69) is 63.2 Å². The molecule has 2 aliphatic rings. The first-order valence-corrected chi connectivity index (χ1v) is 11.7. The average Bonchev–Trinajstić information content (AvgIpc) is 3.09. The Morgan fingerprint density at radius 2 is 1.84 bits per heavy atom. The van der Waals surface area contributed by atoms with E-state index in [-0.39, 0.29) is 0 Å². The molecule has 166 valence electrons. The number of nitrogens with one attached hydrogen (secondary N) is 1. The molecule has 1 saturated heterocycles. The molecule has 0 spiro atoms. The summed E-state index contributed by atoms with van der Waals surface area (Å²) in [5.74, 6) is 2.04. The number of rotatable bonds is 3. The number of hydrogen-bond donors (Lipinski definition) is 1. The van der Waals surface area contributed by atoms with E-state index in [4.69, 9.17) is 16.6 Å². The second-order valence-electron chi connectivity index (χ2n) is 8.74. The molecule has 5 rings (SSSR count). The van der Waals surface area contributed by atoms with Crippen LogP contribution in [0.4, 0.5) is 11.6 Å². The second kappa shape index (κ2) is 9.04. The van der Waals surface area contributed by atoms with E-state index in [0.29, 0.717) is 5.02 Å². The maximum absolute atomic E-state index is 6.53. The summed E-state index contributed by atoms with van der Waals surface area (Å²) in [6, 6.07) is 8.63. The molecular formula is C25H29ClN6. The largest absolute Gasteiger partial charge is 0.355 e. The van der Waals surface area contributed by atoms with Gasteiger partial charge in [-0.25, -0.2) is 9.97 Å². The highest BCUT2D eigenvalue weighted by Gasteiger charge is 2.22. The van der Waals surface area contributed by atoms with E-state index in [1.807, 2.05) is 6.20 Å². The lowest BCUT2D eigenvalue weighted by Crippen LogP contribution is -2.33. The summed E-state index contributed by atoms with van der Waals surface area (Å²) in [7, 11) is 0. The van der Waals surface area contributed by atoms with E-state index < -0.39 is 0 Å². The highest BCUT2D eigenvalue weighted by Crippen LogP contribution is 2.33. The topological polar surface area (TPSA) is 57.2 Å². The minimum absolute atomic E-state index is 0.629. The first-order chi connectivity index (χ1) is 15.6. The number of hydrogen-bond acceptors (Lipinski definition) is 6. The van der Waals surface area contributed by atoms with Crippen molar-refractivity contribution in [2.75, 3.05) is 42.5 Å². The average molecular weight is 449 g/mol. The fourth-order valence-electron chi connectivity index (χ4n) is 4.63. The molecule has 0 aliphatic carbocycles. The van der Waals surface area contributed by atoms with Gasteiger partial charge in [0.2, 0.25) is 0 Å². The van der Waals surface area contributed by atoms with Crippen LogP contribution in [0.25, 0.3) is 11.3 Å². The molecule has 0 aromatic carbocycles. The molecule has 0 amide bonds. The number of pyridine rings is 3. The van der Waals surface area contributed by atoms with Crippen LogP contribution in [0.1, 0.15) is 28.8 Å². The van der Waals surface area contributed by atoms with Crippen LogP contribution in [0.3, 0.4) is 0 Å². The molecule has 2 aliphatic heterocycles. The van der Waals surface area contributed by atoms with Gasteiger partial charge in [-0.05, 0) is 55.6 Å². The molecule has 0 radical (unpaired) electrons. The van der Waals surface area contributed by atoms with Crippen LogP contribution in [-0.4, -0.2) is 47.7 Å². The molecular weight excluding hydrogens is 420 g/mol. The third-order valence-corrected chi connectivity index (χ3v) is 6.63. The van der Waals surface area contributed by atoms with E-state index in [1.165, 1.54) is 11.3 Å². The second-order valence-corrected chi connectivity index (χ2v) is 9.15. The standard InChI is InChI=1S/C25H29ClN6/c1-17-12-18(2)25(29-14-17)20-13-24(28-15-21(20)26)32-10-6-22-19(16-32)4-5-23(30-22)31-9-3-7-27-8-11-31/h4-5,12-15,27H,3,6-11,16H2,1-2H3. The van der Waals surface area contributed by atoms with Gasteiger partial charge in [0, 0.05) is 62.8 Å². The van der Waals surface area contributed by atoms with Crippen LogP contribution in [0.5, 0.6) is 0 Å². The molecule has 7 heteroatoms. The summed E-state index contributed by atoms with van der Waals surface area (Å²) in [6.45, 7) is 10.0. The van der Waals surface area contributed by atoms with Gasteiger partial charge in [0.25, 0.3) is 0 Å². The Bertz CT molecular complexity index is 1120. The fourth-order valence-corrected chi connectivity index (χ4v) is 4.82. The zero-order valence-corrected chi connectivity index (χ0v) is 19.5. The molecule has 0 unspecified atom stereocenters. The van der Waals surface area contributed by atoms with Gasteiger partial charge in [-0.15, -0.1) is 0 Å². The van der Waals surface area contributed by atoms with Gasteiger partial charge in [-0.1, -0.05) is 23.7 Å². The minimum Gasteiger partial charge on any atom is -0.355 e. The lowest BCUT2D eigenvalue weighted by Gasteiger charge is -2.31. The van der Waals surface area contributed by atoms with Crippen molar-refractivity contribution in [3.05, 3.63) is 64.1 Å². The smallest absolute Gasteiger partial charge is 0.129 e. The molecule has 1 fully saturated rings. The van der Waals surface area contributed by atoms with E-state index in [0.717, 1.165) is 86.1 Å². The van der Waals surface area contributed by atoms with Crippen molar-refractivity contribution in [2.24, 2.45) is 0 Å². The summed E-state index contributed by atoms with van der Waals surface area (Å²) < 4.78 is 0. The molecule has 3 aromatic heterocycles. The van der Waals surface area contributed by atoms with Crippen LogP contribution in [0.15, 0.2) is 36.7 Å². The molecule has 0 bridgehead atoms. The van der Waals surface area contributed by atoms with Crippen molar-refractivity contribution in [1.29, 1.82) is 0 Å². The van der Waals surface area contributed by atoms with Gasteiger partial charge >= 0.3 is 0 Å². The summed E-state index contributed by atoms with van der Waals surface area (Å²) in [4.78, 5) is 19.0. The van der Waals surface area contributed by atoms with Crippen molar-refractivity contribution in [1.82, 2.24) is 20.3 Å². The van der Waals surface area contributed by atoms with Crippen LogP contribution in [0, 0.1) is 13.8 Å². The van der Waals surface area contributed by atoms with Crippen molar-refractivity contribution in [2.45, 2.75) is 33.2 Å². The Morgan fingerprint density at radius 3 is 2.72 bits per heavy atom. The zero-order chi connectivity index (χ0) is 22.1. The summed E-state index contributed by atoms with van der Waals surface area (Å²) in [5, 5.41) is 4.09. The first kappa shape index (κ1) is 21.2. The normalized spacial score (nSPS) is 16.6. The lowest BCUT2D eigenvalue weighted by molar-refractivity contribution is 0.697. The number of nitrogens with zero attached hydrogens (tertiary/aromatic N) is 5. The monoisotopic (exact) mass is 448 g/mol. The van der Waals surface area contributed by atoms with Crippen molar-refractivity contribution >= 4 is 23.2 Å². The maximum Gasteiger partial charge on any atom is 0.129 e. The highest BCUT2D eigenvalue weighted by atomic mass is 35.5. The summed E-state index contributed by atoms with van der Waals surface area (Å²) in [5.41, 5.74) is 6.60. The van der Waals surface area contributed by atoms with Crippen molar-refractivity contribution in [3.8, 4) is 11.3 Å². The maximum atomic E-state index is 6.53. The molecule has 0 atom stereocenters. The molecule has 1 N–H and O–H groups in total. The third-order valence-electron chi connectivity index (χ3n) is 6.33. The number of aryl methyl sites for hydroxylation is 2. The predicted octanol–water partition coefficient (Wildman–Crippen LogP) is 4.17. The fraction of sp³-hybridized carbons (Fsp3) is 0.400. The number of halogens is 1. The third kappa shape index (κ3) is 4.30. The van der Waals surface area contributed by atoms with Crippen molar-refractivity contribution in [3.63, 3.8) is 0 Å². The quantitative estimate of drug-likeness (QED) is 0.649. The van der Waals surface area contributed by atoms with E-state index in [9.17, 15) is 0 Å². The number of aromatic nitrogens is 3. The molecule has 0 saturated carbocycles. The Balaban J connectivity index is 1.39. The van der Waals surface area contributed by atoms with Gasteiger partial charge < -0.3 is 15.1 Å². The number of fused-ring (bicyclic) bond motifs is 1. The Morgan fingerprint density at radius 1 is 0.938 bits per heavy atom. The highest BCUT2D eigenvalue weighted by molar-refractivity contribution is 6.33. The SMILES string of the molecule is Cc1cnc(-c2cc(N3CCc4nc(N5CCCNCC5)ccc4C3)ncc2Cl)c(C)c1. The van der Waals surface area contributed by atoms with Crippen LogP contribution >= 0.6 is 11.6 Å². The van der Waals surface area contributed by atoms with E-state index in [1.54, 1.807) is 6.20 Å². The van der Waals surface area contributed by atoms with Gasteiger partial charge in [0.1, 0.15) is 11.6 Å². The van der Waals surface area contributed by atoms with Crippen LogP contribution in [0.2, 0.25) is 5.02 Å². The van der Waals surface area contributed by atoms with Gasteiger partial charge in [0.15, 0.2) is 0 Å². The van der Waals surface area contributed by atoms with Crippen molar-refractivity contribution < 1.29 is 0 Å². The Hall–Kier alpha value is -2.70. The van der Waals surface area contributed by atoms with Crippen LogP contribution in [-0.2, 0) is 13.0 Å². The predicted molar refractivity (Wildman–Crippen MR) is 131 cm³/mol. The molecule has 5 heterocycles. The van der Waals surface area contributed by atoms with E-state index >= 15 is 0 Å². The zero-order valence-electron chi connectivity index (χ0n) is 18.7. The Kier molecular flexibility index (Phi) is 5.98.